The predicted molar refractivity (Wildman–Crippen MR) is 87.7 cm³/mol. The highest BCUT2D eigenvalue weighted by Gasteiger charge is 2.27. The van der Waals surface area contributed by atoms with Crippen molar-refractivity contribution in [2.75, 3.05) is 0 Å². The molecule has 2 atom stereocenters. The van der Waals surface area contributed by atoms with Gasteiger partial charge in [0.1, 0.15) is 5.82 Å². The molecule has 0 radical (unpaired) electrons. The van der Waals surface area contributed by atoms with Gasteiger partial charge >= 0.3 is 0 Å². The topological polar surface area (TPSA) is 46.9 Å². The zero-order valence-electron chi connectivity index (χ0n) is 13.9. The molecule has 22 heavy (non-hydrogen) atoms. The zero-order chi connectivity index (χ0) is 15.7. The van der Waals surface area contributed by atoms with Crippen LogP contribution >= 0.6 is 0 Å². The number of carbonyl (C=O) groups excluding carboxylic acids is 1. The van der Waals surface area contributed by atoms with Crippen molar-refractivity contribution in [1.82, 2.24) is 14.9 Å². The Balaban J connectivity index is 1.63. The van der Waals surface area contributed by atoms with E-state index in [4.69, 9.17) is 4.98 Å². The van der Waals surface area contributed by atoms with Gasteiger partial charge in [-0.2, -0.15) is 0 Å². The molecule has 0 fully saturated rings. The largest absolute Gasteiger partial charge is 0.351 e. The summed E-state index contributed by atoms with van der Waals surface area (Å²) in [6.45, 7) is 7.43. The van der Waals surface area contributed by atoms with Gasteiger partial charge in [-0.05, 0) is 25.7 Å². The van der Waals surface area contributed by atoms with E-state index in [0.29, 0.717) is 0 Å². The number of hydrogen-bond donors (Lipinski definition) is 1. The lowest BCUT2D eigenvalue weighted by Crippen LogP contribution is -2.43. The maximum absolute atomic E-state index is 12.4. The Kier molecular flexibility index (Phi) is 4.11. The van der Waals surface area contributed by atoms with Gasteiger partial charge in [-0.15, -0.1) is 0 Å². The summed E-state index contributed by atoms with van der Waals surface area (Å²) in [6, 6.07) is 0.243. The van der Waals surface area contributed by atoms with Crippen molar-refractivity contribution in [1.29, 1.82) is 0 Å². The molecule has 0 spiro atoms. The monoisotopic (exact) mass is 301 g/mol. The molecule has 2 unspecified atom stereocenters. The molecule has 1 N–H and O–H groups in total. The van der Waals surface area contributed by atoms with Crippen LogP contribution in [0.4, 0.5) is 0 Å². The van der Waals surface area contributed by atoms with E-state index >= 15 is 0 Å². The van der Waals surface area contributed by atoms with Crippen LogP contribution in [0, 0.1) is 5.92 Å². The van der Waals surface area contributed by atoms with Crippen molar-refractivity contribution in [2.45, 2.75) is 70.9 Å². The molecular weight excluding hydrogens is 274 g/mol. The Bertz CT molecular complexity index is 580. The second kappa shape index (κ2) is 5.90. The van der Waals surface area contributed by atoms with E-state index in [1.807, 2.05) is 0 Å². The van der Waals surface area contributed by atoms with Crippen LogP contribution in [-0.2, 0) is 23.2 Å². The van der Waals surface area contributed by atoms with Crippen molar-refractivity contribution in [2.24, 2.45) is 5.92 Å². The van der Waals surface area contributed by atoms with Gasteiger partial charge < -0.3 is 9.88 Å². The first-order valence-corrected chi connectivity index (χ1v) is 8.45. The number of carbonyl (C=O) groups is 1. The highest BCUT2D eigenvalue weighted by molar-refractivity contribution is 5.79. The maximum atomic E-state index is 12.4. The lowest BCUT2D eigenvalue weighted by Gasteiger charge is -2.27. The summed E-state index contributed by atoms with van der Waals surface area (Å²) in [5.74, 6) is 1.56. The van der Waals surface area contributed by atoms with Crippen LogP contribution in [0.25, 0.3) is 0 Å². The summed E-state index contributed by atoms with van der Waals surface area (Å²) in [5.41, 5.74) is 1.23. The molecule has 0 bridgehead atoms. The zero-order valence-corrected chi connectivity index (χ0v) is 13.9. The first-order valence-electron chi connectivity index (χ1n) is 8.45. The lowest BCUT2D eigenvalue weighted by atomic mass is 9.93. The van der Waals surface area contributed by atoms with Crippen LogP contribution in [0.15, 0.2) is 18.3 Å². The molecule has 120 valence electrons. The summed E-state index contributed by atoms with van der Waals surface area (Å²) in [6.07, 6.45) is 11.3. The van der Waals surface area contributed by atoms with E-state index in [0.717, 1.165) is 50.2 Å². The van der Waals surface area contributed by atoms with E-state index in [1.165, 1.54) is 0 Å². The van der Waals surface area contributed by atoms with Crippen molar-refractivity contribution in [3.05, 3.63) is 29.9 Å². The minimum Gasteiger partial charge on any atom is -0.351 e. The summed E-state index contributed by atoms with van der Waals surface area (Å²) >= 11 is 0. The Hall–Kier alpha value is -1.58. The van der Waals surface area contributed by atoms with Crippen LogP contribution in [-0.4, -0.2) is 21.5 Å². The van der Waals surface area contributed by atoms with E-state index in [9.17, 15) is 4.79 Å². The van der Waals surface area contributed by atoms with Crippen LogP contribution in [0.3, 0.4) is 0 Å². The molecular formula is C18H27N3O. The number of nitrogens with zero attached hydrogens (tertiary/aromatic N) is 2. The number of rotatable bonds is 2. The molecule has 1 amide bonds. The smallest absolute Gasteiger partial charge is 0.223 e. The Morgan fingerprint density at radius 1 is 1.32 bits per heavy atom. The second-order valence-corrected chi connectivity index (χ2v) is 7.67. The number of hydrogen-bond acceptors (Lipinski definition) is 2. The van der Waals surface area contributed by atoms with E-state index < -0.39 is 0 Å². The number of imidazole rings is 1. The molecule has 1 aromatic rings. The molecule has 1 aromatic heterocycles. The molecule has 0 saturated carbocycles. The van der Waals surface area contributed by atoms with Gasteiger partial charge in [0, 0.05) is 36.5 Å². The first kappa shape index (κ1) is 15.3. The normalized spacial score (nSPS) is 24.9. The Labute approximate surface area is 133 Å². The second-order valence-electron chi connectivity index (χ2n) is 7.67. The third-order valence-electron chi connectivity index (χ3n) is 4.75. The number of allylic oxidation sites excluding steroid dienone is 2. The third-order valence-corrected chi connectivity index (χ3v) is 4.75. The highest BCUT2D eigenvalue weighted by Crippen LogP contribution is 2.25. The molecule has 2 heterocycles. The third kappa shape index (κ3) is 3.26. The summed E-state index contributed by atoms with van der Waals surface area (Å²) in [4.78, 5) is 17.1. The fourth-order valence-corrected chi connectivity index (χ4v) is 3.27. The van der Waals surface area contributed by atoms with E-state index in [1.54, 1.807) is 0 Å². The molecule has 0 aromatic carbocycles. The number of amides is 1. The van der Waals surface area contributed by atoms with Gasteiger partial charge in [0.25, 0.3) is 0 Å². The molecule has 1 aliphatic heterocycles. The van der Waals surface area contributed by atoms with Gasteiger partial charge in [-0.1, -0.05) is 32.9 Å². The quantitative estimate of drug-likeness (QED) is 0.854. The minimum atomic E-state index is 0.0809. The molecule has 1 aliphatic carbocycles. The van der Waals surface area contributed by atoms with Gasteiger partial charge in [0.05, 0.1) is 5.69 Å². The number of fused-ring (bicyclic) bond motifs is 1. The Morgan fingerprint density at radius 2 is 2.14 bits per heavy atom. The van der Waals surface area contributed by atoms with Crippen molar-refractivity contribution in [3.63, 3.8) is 0 Å². The molecule has 2 aliphatic rings. The summed E-state index contributed by atoms with van der Waals surface area (Å²) in [7, 11) is 0. The van der Waals surface area contributed by atoms with Crippen molar-refractivity contribution >= 4 is 5.91 Å². The minimum absolute atomic E-state index is 0.0809. The highest BCUT2D eigenvalue weighted by atomic mass is 16.1. The van der Waals surface area contributed by atoms with Gasteiger partial charge in [0.2, 0.25) is 5.91 Å². The predicted octanol–water partition coefficient (Wildman–Crippen LogP) is 2.97. The van der Waals surface area contributed by atoms with Crippen LogP contribution in [0.2, 0.25) is 0 Å². The number of nitrogens with one attached hydrogen (secondary N) is 1. The lowest BCUT2D eigenvalue weighted by molar-refractivity contribution is -0.126. The molecule has 4 heteroatoms. The van der Waals surface area contributed by atoms with Crippen LogP contribution in [0.1, 0.15) is 58.0 Å². The summed E-state index contributed by atoms with van der Waals surface area (Å²) in [5, 5.41) is 3.26. The average molecular weight is 301 g/mol. The molecule has 3 rings (SSSR count). The fraction of sp³-hybridized carbons (Fsp3) is 0.667. The van der Waals surface area contributed by atoms with E-state index in [-0.39, 0.29) is 23.3 Å². The van der Waals surface area contributed by atoms with Gasteiger partial charge in [-0.25, -0.2) is 4.98 Å². The SMILES string of the molecule is CC(C)(C)c1cn2c(n1)CCC(NC(=O)C1CC=CCC1)C2. The van der Waals surface area contributed by atoms with Crippen LogP contribution in [0.5, 0.6) is 0 Å². The fourth-order valence-electron chi connectivity index (χ4n) is 3.27. The Morgan fingerprint density at radius 3 is 2.82 bits per heavy atom. The maximum Gasteiger partial charge on any atom is 0.223 e. The molecule has 4 nitrogen and oxygen atoms in total. The van der Waals surface area contributed by atoms with E-state index in [2.05, 4.69) is 49.0 Å². The average Bonchev–Trinajstić information content (AvgIpc) is 2.91. The molecule has 0 saturated heterocycles. The number of aromatic nitrogens is 2. The number of aryl methyl sites for hydroxylation is 1. The van der Waals surface area contributed by atoms with Gasteiger partial charge in [0.15, 0.2) is 0 Å². The van der Waals surface area contributed by atoms with Crippen molar-refractivity contribution in [3.8, 4) is 0 Å². The standard InChI is InChI=1S/C18H27N3O/c1-18(2,3)15-12-21-11-14(9-10-16(21)20-15)19-17(22)13-7-5-4-6-8-13/h4-5,12-14H,6-11H2,1-3H3,(H,19,22). The van der Waals surface area contributed by atoms with Gasteiger partial charge in [-0.3, -0.25) is 4.79 Å². The first-order chi connectivity index (χ1) is 10.4. The summed E-state index contributed by atoms with van der Waals surface area (Å²) < 4.78 is 2.23. The van der Waals surface area contributed by atoms with Crippen molar-refractivity contribution < 1.29 is 4.79 Å². The van der Waals surface area contributed by atoms with Crippen LogP contribution < -0.4 is 5.32 Å².